The summed E-state index contributed by atoms with van der Waals surface area (Å²) >= 11 is 0. The number of amides is 1. The molecule has 0 atom stereocenters. The number of aromatic nitrogens is 2. The lowest BCUT2D eigenvalue weighted by Gasteiger charge is -2.08. The molecule has 0 spiro atoms. The van der Waals surface area contributed by atoms with Gasteiger partial charge in [-0.05, 0) is 36.8 Å². The van der Waals surface area contributed by atoms with Crippen molar-refractivity contribution < 1.29 is 9.18 Å². The number of carbonyl (C=O) groups excluding carboxylic acids is 1. The van der Waals surface area contributed by atoms with E-state index >= 15 is 0 Å². The van der Waals surface area contributed by atoms with Gasteiger partial charge < -0.3 is 5.32 Å². The van der Waals surface area contributed by atoms with Gasteiger partial charge in [0, 0.05) is 18.2 Å². The minimum Gasteiger partial charge on any atom is -0.350 e. The zero-order valence-corrected chi connectivity index (χ0v) is 14.3. The molecule has 2 aromatic carbocycles. The molecule has 1 N–H and O–H groups in total. The lowest BCUT2D eigenvalue weighted by atomic mass is 10.1. The highest BCUT2D eigenvalue weighted by Gasteiger charge is 2.07. The summed E-state index contributed by atoms with van der Waals surface area (Å²) in [7, 11) is 0. The summed E-state index contributed by atoms with van der Waals surface area (Å²) in [5, 5.41) is 2.78. The second kappa shape index (κ2) is 7.74. The van der Waals surface area contributed by atoms with Gasteiger partial charge in [-0.2, -0.15) is 0 Å². The number of benzene rings is 2. The summed E-state index contributed by atoms with van der Waals surface area (Å²) in [5.74, 6) is -0.628. The summed E-state index contributed by atoms with van der Waals surface area (Å²) < 4.78 is 14.2. The van der Waals surface area contributed by atoms with E-state index < -0.39 is 0 Å². The Labute approximate surface area is 150 Å². The molecule has 1 heterocycles. The minimum atomic E-state index is -0.354. The van der Waals surface area contributed by atoms with E-state index in [0.717, 1.165) is 11.1 Å². The fourth-order valence-electron chi connectivity index (χ4n) is 2.44. The van der Waals surface area contributed by atoms with Crippen LogP contribution in [0.4, 0.5) is 4.39 Å². The molecule has 0 saturated heterocycles. The normalized spacial score (nSPS) is 10.5. The quantitative estimate of drug-likeness (QED) is 0.769. The molecule has 0 radical (unpaired) electrons. The van der Waals surface area contributed by atoms with Crippen LogP contribution in [-0.4, -0.2) is 15.5 Å². The molecule has 6 heteroatoms. The molecule has 5 nitrogen and oxygen atoms in total. The molecular formula is C20H18FN3O2. The van der Waals surface area contributed by atoms with E-state index in [1.54, 1.807) is 12.1 Å². The van der Waals surface area contributed by atoms with Crippen molar-refractivity contribution in [3.05, 3.63) is 88.2 Å². The number of carbonyl (C=O) groups is 1. The molecule has 0 bridgehead atoms. The molecule has 26 heavy (non-hydrogen) atoms. The summed E-state index contributed by atoms with van der Waals surface area (Å²) in [6.07, 6.45) is 1.33. The van der Waals surface area contributed by atoms with Gasteiger partial charge in [0.25, 0.3) is 5.56 Å². The van der Waals surface area contributed by atoms with E-state index in [0.29, 0.717) is 17.8 Å². The van der Waals surface area contributed by atoms with Crippen LogP contribution in [0.5, 0.6) is 0 Å². The summed E-state index contributed by atoms with van der Waals surface area (Å²) in [5.41, 5.74) is 2.87. The lowest BCUT2D eigenvalue weighted by molar-refractivity contribution is -0.121. The minimum absolute atomic E-state index is 0.110. The Kier molecular flexibility index (Phi) is 5.22. The Hall–Kier alpha value is -3.28. The predicted octanol–water partition coefficient (Wildman–Crippen LogP) is 2.67. The number of rotatable bonds is 5. The highest BCUT2D eigenvalue weighted by atomic mass is 19.1. The first-order valence-corrected chi connectivity index (χ1v) is 8.16. The van der Waals surface area contributed by atoms with Crippen molar-refractivity contribution in [2.75, 3.05) is 0 Å². The van der Waals surface area contributed by atoms with Gasteiger partial charge in [0.05, 0.1) is 12.0 Å². The zero-order chi connectivity index (χ0) is 18.5. The molecule has 0 aliphatic rings. The van der Waals surface area contributed by atoms with Crippen molar-refractivity contribution in [3.63, 3.8) is 0 Å². The number of halogens is 1. The van der Waals surface area contributed by atoms with E-state index in [-0.39, 0.29) is 23.8 Å². The third-order valence-electron chi connectivity index (χ3n) is 3.94. The van der Waals surface area contributed by atoms with Crippen LogP contribution in [0.25, 0.3) is 11.3 Å². The van der Waals surface area contributed by atoms with Crippen LogP contribution < -0.4 is 10.9 Å². The number of nitrogens with zero attached hydrogens (tertiary/aromatic N) is 2. The molecule has 132 valence electrons. The maximum absolute atomic E-state index is 13.0. The molecule has 0 saturated carbocycles. The van der Waals surface area contributed by atoms with Crippen molar-refractivity contribution >= 4 is 5.91 Å². The van der Waals surface area contributed by atoms with Gasteiger partial charge >= 0.3 is 0 Å². The molecule has 1 amide bonds. The second-order valence-electron chi connectivity index (χ2n) is 6.01. The zero-order valence-electron chi connectivity index (χ0n) is 14.3. The largest absolute Gasteiger partial charge is 0.350 e. The van der Waals surface area contributed by atoms with Crippen LogP contribution in [0.3, 0.4) is 0 Å². The number of hydrogen-bond donors (Lipinski definition) is 1. The first-order valence-electron chi connectivity index (χ1n) is 8.16. The van der Waals surface area contributed by atoms with E-state index in [2.05, 4.69) is 10.3 Å². The number of hydrogen-bond acceptors (Lipinski definition) is 3. The Morgan fingerprint density at radius 2 is 1.81 bits per heavy atom. The lowest BCUT2D eigenvalue weighted by Crippen LogP contribution is -2.31. The Morgan fingerprint density at radius 3 is 2.46 bits per heavy atom. The van der Waals surface area contributed by atoms with Crippen molar-refractivity contribution in [1.29, 1.82) is 0 Å². The second-order valence-corrected chi connectivity index (χ2v) is 6.01. The Bertz CT molecular complexity index is 964. The third-order valence-corrected chi connectivity index (χ3v) is 3.94. The van der Waals surface area contributed by atoms with Crippen LogP contribution >= 0.6 is 0 Å². The standard InChI is InChI=1S/C20H18FN3O2/c1-14-2-4-15(5-3-14)11-22-19(25)12-24-13-23-18(10-20(24)26)16-6-8-17(21)9-7-16/h2-10,13H,11-12H2,1H3,(H,22,25). The fraction of sp³-hybridized carbons (Fsp3) is 0.150. The molecule has 0 fully saturated rings. The molecule has 0 unspecified atom stereocenters. The molecule has 3 aromatic rings. The van der Waals surface area contributed by atoms with E-state index in [9.17, 15) is 14.0 Å². The Morgan fingerprint density at radius 1 is 1.12 bits per heavy atom. The van der Waals surface area contributed by atoms with Crippen LogP contribution in [0.2, 0.25) is 0 Å². The molecule has 0 aliphatic heterocycles. The molecule has 0 aliphatic carbocycles. The first-order chi connectivity index (χ1) is 12.5. The van der Waals surface area contributed by atoms with Crippen molar-refractivity contribution in [2.45, 2.75) is 20.0 Å². The van der Waals surface area contributed by atoms with E-state index in [1.807, 2.05) is 31.2 Å². The molecule has 1 aromatic heterocycles. The Balaban J connectivity index is 1.64. The third kappa shape index (κ3) is 4.42. The summed E-state index contributed by atoms with van der Waals surface area (Å²) in [6.45, 7) is 2.29. The van der Waals surface area contributed by atoms with Gasteiger partial charge in [0.15, 0.2) is 0 Å². The van der Waals surface area contributed by atoms with Crippen LogP contribution in [0.1, 0.15) is 11.1 Å². The van der Waals surface area contributed by atoms with Gasteiger partial charge in [-0.1, -0.05) is 29.8 Å². The van der Waals surface area contributed by atoms with Crippen LogP contribution in [0, 0.1) is 12.7 Å². The summed E-state index contributed by atoms with van der Waals surface area (Å²) in [4.78, 5) is 28.4. The number of aryl methyl sites for hydroxylation is 1. The van der Waals surface area contributed by atoms with Crippen molar-refractivity contribution in [3.8, 4) is 11.3 Å². The van der Waals surface area contributed by atoms with Gasteiger partial charge in [0.2, 0.25) is 5.91 Å². The predicted molar refractivity (Wildman–Crippen MR) is 96.9 cm³/mol. The fourth-order valence-corrected chi connectivity index (χ4v) is 2.44. The first kappa shape index (κ1) is 17.5. The highest BCUT2D eigenvalue weighted by Crippen LogP contribution is 2.14. The van der Waals surface area contributed by atoms with Crippen molar-refractivity contribution in [1.82, 2.24) is 14.9 Å². The topological polar surface area (TPSA) is 64.0 Å². The van der Waals surface area contributed by atoms with Crippen LogP contribution in [-0.2, 0) is 17.9 Å². The molecular weight excluding hydrogens is 333 g/mol. The van der Waals surface area contributed by atoms with Gasteiger partial charge in [-0.15, -0.1) is 0 Å². The van der Waals surface area contributed by atoms with Gasteiger partial charge in [-0.3, -0.25) is 14.2 Å². The number of nitrogens with one attached hydrogen (secondary N) is 1. The van der Waals surface area contributed by atoms with Gasteiger partial charge in [0.1, 0.15) is 12.4 Å². The summed E-state index contributed by atoms with van der Waals surface area (Å²) in [6, 6.07) is 14.9. The van der Waals surface area contributed by atoms with Crippen molar-refractivity contribution in [2.24, 2.45) is 0 Å². The average Bonchev–Trinajstić information content (AvgIpc) is 2.63. The van der Waals surface area contributed by atoms with E-state index in [1.165, 1.54) is 29.1 Å². The highest BCUT2D eigenvalue weighted by molar-refractivity contribution is 5.75. The van der Waals surface area contributed by atoms with Gasteiger partial charge in [-0.25, -0.2) is 9.37 Å². The monoisotopic (exact) mass is 351 g/mol. The smallest absolute Gasteiger partial charge is 0.254 e. The SMILES string of the molecule is Cc1ccc(CNC(=O)Cn2cnc(-c3ccc(F)cc3)cc2=O)cc1. The average molecular weight is 351 g/mol. The van der Waals surface area contributed by atoms with Crippen LogP contribution in [0.15, 0.2) is 65.7 Å². The maximum atomic E-state index is 13.0. The molecule has 3 rings (SSSR count). The van der Waals surface area contributed by atoms with E-state index in [4.69, 9.17) is 0 Å². The maximum Gasteiger partial charge on any atom is 0.254 e.